The van der Waals surface area contributed by atoms with Crippen LogP contribution in [0.1, 0.15) is 43.0 Å². The van der Waals surface area contributed by atoms with Gasteiger partial charge in [-0.25, -0.2) is 4.39 Å². The minimum atomic E-state index is -0.601. The van der Waals surface area contributed by atoms with Gasteiger partial charge in [-0.3, -0.25) is 4.79 Å². The second-order valence-corrected chi connectivity index (χ2v) is 6.10. The lowest BCUT2D eigenvalue weighted by Gasteiger charge is -2.11. The van der Waals surface area contributed by atoms with E-state index in [0.29, 0.717) is 10.4 Å². The lowest BCUT2D eigenvalue weighted by molar-refractivity contribution is 0.0915. The Balaban J connectivity index is 2.22. The third-order valence-electron chi connectivity index (χ3n) is 3.79. The van der Waals surface area contributed by atoms with Crippen molar-refractivity contribution in [1.82, 2.24) is 0 Å². The smallest absolute Gasteiger partial charge is 0.168 e. The van der Waals surface area contributed by atoms with Crippen molar-refractivity contribution >= 4 is 33.3 Å². The van der Waals surface area contributed by atoms with Gasteiger partial charge in [-0.1, -0.05) is 24.9 Å². The molecule has 2 rings (SSSR count). The second-order valence-electron chi connectivity index (χ2n) is 4.87. The van der Waals surface area contributed by atoms with E-state index < -0.39 is 5.82 Å². The first-order valence-electron chi connectivity index (χ1n) is 6.22. The lowest BCUT2D eigenvalue weighted by Crippen LogP contribution is -2.14. The molecule has 1 aromatic carbocycles. The molecule has 1 nitrogen and oxygen atoms in total. The molecular formula is C14H15BrClFO. The minimum absolute atomic E-state index is 0.00844. The molecule has 1 aliphatic carbocycles. The molecular weight excluding hydrogens is 319 g/mol. The maximum absolute atomic E-state index is 14.0. The summed E-state index contributed by atoms with van der Waals surface area (Å²) in [6, 6.07) is 3.15. The molecule has 2 unspecified atom stereocenters. The Kier molecular flexibility index (Phi) is 4.44. The van der Waals surface area contributed by atoms with Crippen LogP contribution in [0.4, 0.5) is 4.39 Å². The monoisotopic (exact) mass is 332 g/mol. The van der Waals surface area contributed by atoms with Gasteiger partial charge in [0.25, 0.3) is 0 Å². The summed E-state index contributed by atoms with van der Waals surface area (Å²) in [7, 11) is 0. The van der Waals surface area contributed by atoms with Crippen LogP contribution in [0.25, 0.3) is 0 Å². The fraction of sp³-hybridized carbons (Fsp3) is 0.500. The van der Waals surface area contributed by atoms with Crippen molar-refractivity contribution in [1.29, 1.82) is 0 Å². The standard InChI is InChI=1S/C14H15BrClFO/c1-2-8-3-4-9(7-8)14(18)10-5-6-11(15)12(16)13(10)17/h5-6,8-9H,2-4,7H2,1H3. The number of carbonyl (C=O) groups excluding carboxylic acids is 1. The molecule has 0 amide bonds. The summed E-state index contributed by atoms with van der Waals surface area (Å²) in [6.45, 7) is 2.13. The SMILES string of the molecule is CCC1CCC(C(=O)c2ccc(Br)c(Cl)c2F)C1. The molecule has 18 heavy (non-hydrogen) atoms. The minimum Gasteiger partial charge on any atom is -0.294 e. The predicted octanol–water partition coefficient (Wildman–Crippen LogP) is 5.25. The van der Waals surface area contributed by atoms with Gasteiger partial charge in [0.1, 0.15) is 0 Å². The summed E-state index contributed by atoms with van der Waals surface area (Å²) in [6.07, 6.45) is 3.90. The summed E-state index contributed by atoms with van der Waals surface area (Å²) in [5.41, 5.74) is 0.130. The Labute approximate surface area is 120 Å². The Morgan fingerprint density at radius 3 is 2.83 bits per heavy atom. The van der Waals surface area contributed by atoms with Crippen molar-refractivity contribution < 1.29 is 9.18 Å². The molecule has 98 valence electrons. The van der Waals surface area contributed by atoms with Crippen LogP contribution in [0.15, 0.2) is 16.6 Å². The number of ketones is 1. The molecule has 0 spiro atoms. The third-order valence-corrected chi connectivity index (χ3v) is 5.05. The van der Waals surface area contributed by atoms with Crippen molar-refractivity contribution in [2.45, 2.75) is 32.6 Å². The van der Waals surface area contributed by atoms with E-state index in [0.717, 1.165) is 25.7 Å². The highest BCUT2D eigenvalue weighted by Crippen LogP contribution is 2.36. The normalized spacial score (nSPS) is 23.3. The van der Waals surface area contributed by atoms with Crippen molar-refractivity contribution in [2.24, 2.45) is 11.8 Å². The molecule has 2 atom stereocenters. The Morgan fingerprint density at radius 2 is 2.22 bits per heavy atom. The molecule has 0 bridgehead atoms. The van der Waals surface area contributed by atoms with Crippen LogP contribution >= 0.6 is 27.5 Å². The molecule has 1 aromatic rings. The highest BCUT2D eigenvalue weighted by atomic mass is 79.9. The number of carbonyl (C=O) groups is 1. The van der Waals surface area contributed by atoms with E-state index in [1.165, 1.54) is 6.07 Å². The second kappa shape index (κ2) is 5.70. The van der Waals surface area contributed by atoms with Gasteiger partial charge >= 0.3 is 0 Å². The summed E-state index contributed by atoms with van der Waals surface area (Å²) in [5.74, 6) is -0.136. The van der Waals surface area contributed by atoms with Crippen molar-refractivity contribution in [3.05, 3.63) is 33.0 Å². The van der Waals surface area contributed by atoms with Crippen molar-refractivity contribution in [3.63, 3.8) is 0 Å². The largest absolute Gasteiger partial charge is 0.294 e. The fourth-order valence-electron chi connectivity index (χ4n) is 2.62. The van der Waals surface area contributed by atoms with Gasteiger partial charge in [0.05, 0.1) is 10.6 Å². The van der Waals surface area contributed by atoms with E-state index in [4.69, 9.17) is 11.6 Å². The van der Waals surface area contributed by atoms with Gasteiger partial charge in [0.15, 0.2) is 11.6 Å². The van der Waals surface area contributed by atoms with Crippen LogP contribution in [-0.4, -0.2) is 5.78 Å². The van der Waals surface area contributed by atoms with E-state index >= 15 is 0 Å². The summed E-state index contributed by atoms with van der Waals surface area (Å²) >= 11 is 8.97. The van der Waals surface area contributed by atoms with Gasteiger partial charge < -0.3 is 0 Å². The number of hydrogen-bond donors (Lipinski definition) is 0. The van der Waals surface area contributed by atoms with Crippen molar-refractivity contribution in [2.75, 3.05) is 0 Å². The van der Waals surface area contributed by atoms with Crippen molar-refractivity contribution in [3.8, 4) is 0 Å². The maximum Gasteiger partial charge on any atom is 0.168 e. The molecule has 1 fully saturated rings. The summed E-state index contributed by atoms with van der Waals surface area (Å²) < 4.78 is 14.4. The highest BCUT2D eigenvalue weighted by molar-refractivity contribution is 9.10. The first-order valence-corrected chi connectivity index (χ1v) is 7.39. The van der Waals surface area contributed by atoms with E-state index in [2.05, 4.69) is 22.9 Å². The van der Waals surface area contributed by atoms with E-state index in [9.17, 15) is 9.18 Å². The average molecular weight is 334 g/mol. The zero-order valence-electron chi connectivity index (χ0n) is 10.2. The first-order chi connectivity index (χ1) is 8.54. The third kappa shape index (κ3) is 2.62. The van der Waals surface area contributed by atoms with E-state index in [-0.39, 0.29) is 22.3 Å². The molecule has 0 heterocycles. The molecule has 4 heteroatoms. The average Bonchev–Trinajstić information content (AvgIpc) is 2.84. The van der Waals surface area contributed by atoms with Crippen LogP contribution in [0, 0.1) is 17.7 Å². The zero-order chi connectivity index (χ0) is 13.3. The predicted molar refractivity (Wildman–Crippen MR) is 74.6 cm³/mol. The Bertz CT molecular complexity index is 475. The van der Waals surface area contributed by atoms with Gasteiger partial charge in [-0.15, -0.1) is 0 Å². The quantitative estimate of drug-likeness (QED) is 0.545. The number of benzene rings is 1. The zero-order valence-corrected chi connectivity index (χ0v) is 12.5. The van der Waals surface area contributed by atoms with Gasteiger partial charge in [0.2, 0.25) is 0 Å². The van der Waals surface area contributed by atoms with Crippen LogP contribution in [0.5, 0.6) is 0 Å². The number of hydrogen-bond acceptors (Lipinski definition) is 1. The molecule has 0 saturated heterocycles. The van der Waals surface area contributed by atoms with Gasteiger partial charge in [-0.2, -0.15) is 0 Å². The summed E-state index contributed by atoms with van der Waals surface area (Å²) in [4.78, 5) is 12.3. The lowest BCUT2D eigenvalue weighted by atomic mass is 9.94. The molecule has 1 aliphatic rings. The van der Waals surface area contributed by atoms with E-state index in [1.54, 1.807) is 6.07 Å². The van der Waals surface area contributed by atoms with Crippen LogP contribution < -0.4 is 0 Å². The fourth-order valence-corrected chi connectivity index (χ4v) is 3.09. The Morgan fingerprint density at radius 1 is 1.50 bits per heavy atom. The number of Topliss-reactive ketones (excluding diaryl/α,β-unsaturated/α-hetero) is 1. The number of rotatable bonds is 3. The van der Waals surface area contributed by atoms with Crippen LogP contribution in [0.2, 0.25) is 5.02 Å². The molecule has 0 aliphatic heterocycles. The molecule has 1 saturated carbocycles. The number of halogens is 3. The first kappa shape index (κ1) is 14.0. The summed E-state index contributed by atoms with van der Waals surface area (Å²) in [5, 5.41) is -0.00844. The van der Waals surface area contributed by atoms with E-state index in [1.807, 2.05) is 0 Å². The Hall–Kier alpha value is -0.410. The van der Waals surface area contributed by atoms with Crippen LogP contribution in [-0.2, 0) is 0 Å². The topological polar surface area (TPSA) is 17.1 Å². The highest BCUT2D eigenvalue weighted by Gasteiger charge is 2.31. The maximum atomic E-state index is 14.0. The van der Waals surface area contributed by atoms with Crippen LogP contribution in [0.3, 0.4) is 0 Å². The van der Waals surface area contributed by atoms with Gasteiger partial charge in [-0.05, 0) is 53.2 Å². The molecule has 0 aromatic heterocycles. The molecule has 0 N–H and O–H groups in total. The molecule has 0 radical (unpaired) electrons. The van der Waals surface area contributed by atoms with Gasteiger partial charge in [0, 0.05) is 10.4 Å².